The number of halogens is 1. The normalized spacial score (nSPS) is 11.5. The smallest absolute Gasteiger partial charge is 0.331 e. The van der Waals surface area contributed by atoms with Gasteiger partial charge in [0.2, 0.25) is 0 Å². The van der Waals surface area contributed by atoms with Crippen LogP contribution in [0.25, 0.3) is 6.08 Å². The average Bonchev–Trinajstić information content (AvgIpc) is 2.76. The molecule has 3 rings (SSSR count). The molecule has 0 amide bonds. The number of hydrogen-bond donors (Lipinski definition) is 0. The van der Waals surface area contributed by atoms with Crippen LogP contribution in [0.4, 0.5) is 0 Å². The number of rotatable bonds is 7. The van der Waals surface area contributed by atoms with Gasteiger partial charge in [-0.1, -0.05) is 80.9 Å². The predicted molar refractivity (Wildman–Crippen MR) is 126 cm³/mol. The third kappa shape index (κ3) is 7.30. The van der Waals surface area contributed by atoms with Crippen molar-refractivity contribution in [3.8, 4) is 5.75 Å². The van der Waals surface area contributed by atoms with E-state index in [0.29, 0.717) is 11.6 Å². The third-order valence-corrected chi connectivity index (χ3v) is 5.06. The van der Waals surface area contributed by atoms with Crippen LogP contribution < -0.4 is 4.74 Å². The van der Waals surface area contributed by atoms with Crippen molar-refractivity contribution >= 4 is 23.6 Å². The van der Waals surface area contributed by atoms with Crippen LogP contribution in [-0.2, 0) is 28.2 Å². The van der Waals surface area contributed by atoms with Gasteiger partial charge in [0, 0.05) is 11.1 Å². The molecule has 0 aliphatic rings. The Morgan fingerprint density at radius 1 is 0.839 bits per heavy atom. The molecule has 0 heterocycles. The van der Waals surface area contributed by atoms with Gasteiger partial charge >= 0.3 is 5.97 Å². The lowest BCUT2D eigenvalue weighted by Crippen LogP contribution is -2.10. The van der Waals surface area contributed by atoms with Gasteiger partial charge in [0.25, 0.3) is 0 Å². The zero-order valence-corrected chi connectivity index (χ0v) is 18.9. The Kier molecular flexibility index (Phi) is 7.54. The fourth-order valence-corrected chi connectivity index (χ4v) is 3.02. The van der Waals surface area contributed by atoms with Gasteiger partial charge < -0.3 is 9.47 Å². The van der Waals surface area contributed by atoms with Crippen LogP contribution in [-0.4, -0.2) is 5.97 Å². The molecule has 31 heavy (non-hydrogen) atoms. The van der Waals surface area contributed by atoms with Crippen molar-refractivity contribution in [2.75, 3.05) is 0 Å². The molecular weight excluding hydrogens is 408 g/mol. The standard InChI is InChI=1S/C27H27ClO3/c1-27(2,3)23-11-4-21(5-12-23)19-31-26(29)17-10-20-8-15-25(16-9-20)30-18-22-6-13-24(28)14-7-22/h4-17H,18-19H2,1-3H3/b17-10+. The third-order valence-electron chi connectivity index (χ3n) is 4.81. The van der Waals surface area contributed by atoms with E-state index in [1.807, 2.05) is 60.7 Å². The molecule has 0 atom stereocenters. The number of benzene rings is 3. The quantitative estimate of drug-likeness (QED) is 0.297. The lowest BCUT2D eigenvalue weighted by Gasteiger charge is -2.19. The zero-order valence-electron chi connectivity index (χ0n) is 18.1. The molecule has 0 saturated carbocycles. The largest absolute Gasteiger partial charge is 0.489 e. The zero-order chi connectivity index (χ0) is 22.3. The molecule has 0 radical (unpaired) electrons. The topological polar surface area (TPSA) is 35.5 Å². The fourth-order valence-electron chi connectivity index (χ4n) is 2.89. The van der Waals surface area contributed by atoms with E-state index >= 15 is 0 Å². The van der Waals surface area contributed by atoms with Gasteiger partial charge in [-0.05, 0) is 58.0 Å². The Hall–Kier alpha value is -3.04. The Morgan fingerprint density at radius 3 is 2.03 bits per heavy atom. The average molecular weight is 435 g/mol. The molecule has 160 valence electrons. The van der Waals surface area contributed by atoms with E-state index in [0.717, 1.165) is 22.4 Å². The van der Waals surface area contributed by atoms with Crippen molar-refractivity contribution in [1.29, 1.82) is 0 Å². The summed E-state index contributed by atoms with van der Waals surface area (Å²) < 4.78 is 11.1. The summed E-state index contributed by atoms with van der Waals surface area (Å²) in [5, 5.41) is 0.705. The molecule has 0 aliphatic heterocycles. The minimum atomic E-state index is -0.372. The molecule has 3 nitrogen and oxygen atoms in total. The lowest BCUT2D eigenvalue weighted by atomic mass is 9.87. The van der Waals surface area contributed by atoms with Crippen LogP contribution in [0.3, 0.4) is 0 Å². The lowest BCUT2D eigenvalue weighted by molar-refractivity contribution is -0.138. The molecule has 3 aromatic carbocycles. The van der Waals surface area contributed by atoms with Crippen molar-refractivity contribution in [2.45, 2.75) is 39.4 Å². The highest BCUT2D eigenvalue weighted by molar-refractivity contribution is 6.30. The second kappa shape index (κ2) is 10.3. The van der Waals surface area contributed by atoms with Gasteiger partial charge in [-0.3, -0.25) is 0 Å². The summed E-state index contributed by atoms with van der Waals surface area (Å²) in [4.78, 5) is 12.0. The number of ether oxygens (including phenoxy) is 2. The maximum absolute atomic E-state index is 12.0. The van der Waals surface area contributed by atoms with Gasteiger partial charge in [0.05, 0.1) is 0 Å². The number of carbonyl (C=O) groups is 1. The molecule has 0 aliphatic carbocycles. The van der Waals surface area contributed by atoms with Crippen molar-refractivity contribution in [3.63, 3.8) is 0 Å². The first-order valence-electron chi connectivity index (χ1n) is 10.2. The van der Waals surface area contributed by atoms with Gasteiger partial charge in [-0.25, -0.2) is 4.79 Å². The summed E-state index contributed by atoms with van der Waals surface area (Å²) >= 11 is 5.89. The molecule has 0 saturated heterocycles. The highest BCUT2D eigenvalue weighted by Crippen LogP contribution is 2.22. The molecule has 0 N–H and O–H groups in total. The molecule has 3 aromatic rings. The molecule has 4 heteroatoms. The summed E-state index contributed by atoms with van der Waals surface area (Å²) in [5.41, 5.74) is 4.27. The summed E-state index contributed by atoms with van der Waals surface area (Å²) in [5.74, 6) is 0.386. The maximum Gasteiger partial charge on any atom is 0.331 e. The first-order chi connectivity index (χ1) is 14.8. The minimum absolute atomic E-state index is 0.106. The molecule has 0 aromatic heterocycles. The Morgan fingerprint density at radius 2 is 1.42 bits per heavy atom. The second-order valence-corrected chi connectivity index (χ2v) is 8.81. The first kappa shape index (κ1) is 22.6. The Labute approximate surface area is 189 Å². The van der Waals surface area contributed by atoms with E-state index in [9.17, 15) is 4.79 Å². The molecule has 0 bridgehead atoms. The second-order valence-electron chi connectivity index (χ2n) is 8.37. The van der Waals surface area contributed by atoms with Gasteiger partial charge in [-0.15, -0.1) is 0 Å². The van der Waals surface area contributed by atoms with Crippen LogP contribution in [0, 0.1) is 0 Å². The van der Waals surface area contributed by atoms with E-state index in [4.69, 9.17) is 21.1 Å². The molecule has 0 unspecified atom stereocenters. The predicted octanol–water partition coefficient (Wildman–Crippen LogP) is 6.97. The summed E-state index contributed by atoms with van der Waals surface area (Å²) in [7, 11) is 0. The summed E-state index contributed by atoms with van der Waals surface area (Å²) in [6.45, 7) is 7.24. The maximum atomic E-state index is 12.0. The number of hydrogen-bond acceptors (Lipinski definition) is 3. The van der Waals surface area contributed by atoms with Gasteiger partial charge in [0.15, 0.2) is 0 Å². The van der Waals surface area contributed by atoms with Crippen LogP contribution in [0.5, 0.6) is 5.75 Å². The Balaban J connectivity index is 1.46. The number of carbonyl (C=O) groups excluding carboxylic acids is 1. The number of esters is 1. The van der Waals surface area contributed by atoms with E-state index < -0.39 is 0 Å². The van der Waals surface area contributed by atoms with Crippen molar-refractivity contribution in [2.24, 2.45) is 0 Å². The Bertz CT molecular complexity index is 1010. The minimum Gasteiger partial charge on any atom is -0.489 e. The fraction of sp³-hybridized carbons (Fsp3) is 0.222. The molecular formula is C27H27ClO3. The van der Waals surface area contributed by atoms with E-state index in [1.54, 1.807) is 6.08 Å². The first-order valence-corrected chi connectivity index (χ1v) is 10.6. The highest BCUT2D eigenvalue weighted by atomic mass is 35.5. The van der Waals surface area contributed by atoms with Crippen LogP contribution >= 0.6 is 11.6 Å². The van der Waals surface area contributed by atoms with Crippen molar-refractivity contribution in [3.05, 3.63) is 106 Å². The van der Waals surface area contributed by atoms with Gasteiger partial charge in [0.1, 0.15) is 19.0 Å². The van der Waals surface area contributed by atoms with Crippen LogP contribution in [0.15, 0.2) is 78.9 Å². The SMILES string of the molecule is CC(C)(C)c1ccc(COC(=O)/C=C/c2ccc(OCc3ccc(Cl)cc3)cc2)cc1. The monoisotopic (exact) mass is 434 g/mol. The highest BCUT2D eigenvalue weighted by Gasteiger charge is 2.12. The van der Waals surface area contributed by atoms with E-state index in [1.165, 1.54) is 11.6 Å². The van der Waals surface area contributed by atoms with Crippen LogP contribution in [0.1, 0.15) is 43.0 Å². The summed E-state index contributed by atoms with van der Waals surface area (Å²) in [6, 6.07) is 23.2. The van der Waals surface area contributed by atoms with Crippen molar-refractivity contribution < 1.29 is 14.3 Å². The molecule has 0 fully saturated rings. The van der Waals surface area contributed by atoms with Crippen LogP contribution in [0.2, 0.25) is 5.02 Å². The van der Waals surface area contributed by atoms with Crippen molar-refractivity contribution in [1.82, 2.24) is 0 Å². The van der Waals surface area contributed by atoms with E-state index in [2.05, 4.69) is 32.9 Å². The van der Waals surface area contributed by atoms with E-state index in [-0.39, 0.29) is 18.0 Å². The van der Waals surface area contributed by atoms with Gasteiger partial charge in [-0.2, -0.15) is 0 Å². The summed E-state index contributed by atoms with van der Waals surface area (Å²) in [6.07, 6.45) is 3.17. The molecule has 0 spiro atoms.